The molecule has 0 spiro atoms. The summed E-state index contributed by atoms with van der Waals surface area (Å²) in [7, 11) is -9.90. The molecule has 0 aliphatic rings. The zero-order valence-electron chi connectivity index (χ0n) is 56.6. The van der Waals surface area contributed by atoms with E-state index in [1.54, 1.807) is 0 Å². The first-order valence-electron chi connectivity index (χ1n) is 35.3. The molecule has 0 aromatic carbocycles. The molecule has 0 amide bonds. The van der Waals surface area contributed by atoms with Gasteiger partial charge in [0.1, 0.15) is 19.3 Å². The number of hydrogen-bond donors (Lipinski definition) is 3. The van der Waals surface area contributed by atoms with Crippen LogP contribution in [0.1, 0.15) is 331 Å². The summed E-state index contributed by atoms with van der Waals surface area (Å²) in [6, 6.07) is 0. The first-order chi connectivity index (χ1) is 41.7. The summed E-state index contributed by atoms with van der Waals surface area (Å²) in [6.45, 7) is 14.0. The van der Waals surface area contributed by atoms with E-state index in [2.05, 4.69) is 55.4 Å². The van der Waals surface area contributed by atoms with E-state index in [1.165, 1.54) is 128 Å². The zero-order valence-corrected chi connectivity index (χ0v) is 58.4. The van der Waals surface area contributed by atoms with Crippen molar-refractivity contribution < 1.29 is 80.2 Å². The fourth-order valence-corrected chi connectivity index (χ4v) is 11.7. The molecule has 0 aromatic rings. The number of aliphatic hydroxyl groups excluding tert-OH is 1. The highest BCUT2D eigenvalue weighted by Gasteiger charge is 2.30. The summed E-state index contributed by atoms with van der Waals surface area (Å²) < 4.78 is 68.2. The van der Waals surface area contributed by atoms with E-state index >= 15 is 0 Å². The summed E-state index contributed by atoms with van der Waals surface area (Å²) in [6.07, 6.45) is 38.9. The van der Waals surface area contributed by atoms with Crippen LogP contribution in [0, 0.1) is 23.7 Å². The molecule has 0 aliphatic carbocycles. The fraction of sp³-hybridized carbons (Fsp3) is 0.941. The summed E-state index contributed by atoms with van der Waals surface area (Å²) in [5, 5.41) is 10.6. The van der Waals surface area contributed by atoms with Gasteiger partial charge in [-0.05, 0) is 49.4 Å². The quantitative estimate of drug-likeness (QED) is 0.0222. The van der Waals surface area contributed by atoms with Crippen molar-refractivity contribution in [1.29, 1.82) is 0 Å². The SMILES string of the molecule is CCC(C)CCCCCCCCCCC(=O)OC[C@H](COP(=O)(O)OC[C@@H](O)COP(=O)(O)OC[C@@H](COC(=O)CCCCCCCCC(C)C)OC(=O)CCCCCCCCCCC(C)CC)OC(=O)CCCCCCCCCCCCCC(C)C. The van der Waals surface area contributed by atoms with Crippen molar-refractivity contribution in [2.75, 3.05) is 39.6 Å². The lowest BCUT2D eigenvalue weighted by Crippen LogP contribution is -2.30. The summed E-state index contributed by atoms with van der Waals surface area (Å²) in [5.74, 6) is 0.857. The topological polar surface area (TPSA) is 237 Å². The molecule has 4 unspecified atom stereocenters. The van der Waals surface area contributed by atoms with Gasteiger partial charge in [-0.2, -0.15) is 0 Å². The molecule has 0 saturated carbocycles. The van der Waals surface area contributed by atoms with Crippen LogP contribution in [0.2, 0.25) is 0 Å². The third kappa shape index (κ3) is 60.1. The Morgan fingerprint density at radius 1 is 0.322 bits per heavy atom. The highest BCUT2D eigenvalue weighted by molar-refractivity contribution is 7.47. The van der Waals surface area contributed by atoms with Crippen molar-refractivity contribution in [3.63, 3.8) is 0 Å². The van der Waals surface area contributed by atoms with Crippen LogP contribution in [0.15, 0.2) is 0 Å². The van der Waals surface area contributed by atoms with Crippen LogP contribution in [0.5, 0.6) is 0 Å². The third-order valence-electron chi connectivity index (χ3n) is 16.3. The van der Waals surface area contributed by atoms with E-state index in [0.717, 1.165) is 114 Å². The van der Waals surface area contributed by atoms with Gasteiger partial charge < -0.3 is 33.8 Å². The number of ether oxygens (including phenoxy) is 4. The number of carbonyl (C=O) groups excluding carboxylic acids is 4. The van der Waals surface area contributed by atoms with Gasteiger partial charge in [-0.25, -0.2) is 9.13 Å². The molecule has 0 radical (unpaired) electrons. The summed E-state index contributed by atoms with van der Waals surface area (Å²) >= 11 is 0. The van der Waals surface area contributed by atoms with E-state index in [-0.39, 0.29) is 25.7 Å². The fourth-order valence-electron chi connectivity index (χ4n) is 10.1. The van der Waals surface area contributed by atoms with Crippen LogP contribution in [0.25, 0.3) is 0 Å². The van der Waals surface area contributed by atoms with Gasteiger partial charge in [-0.3, -0.25) is 37.3 Å². The average Bonchev–Trinajstić information content (AvgIpc) is 3.57. The molecule has 3 N–H and O–H groups in total. The van der Waals surface area contributed by atoms with Gasteiger partial charge in [-0.1, -0.05) is 280 Å². The second-order valence-corrected chi connectivity index (χ2v) is 28.9. The van der Waals surface area contributed by atoms with Crippen molar-refractivity contribution in [3.8, 4) is 0 Å². The predicted octanol–water partition coefficient (Wildman–Crippen LogP) is 18.9. The zero-order chi connectivity index (χ0) is 64.7. The number of unbranched alkanes of at least 4 members (excludes halogenated alkanes) is 29. The molecular weight excluding hydrogens is 1150 g/mol. The van der Waals surface area contributed by atoms with E-state index in [9.17, 15) is 43.2 Å². The molecule has 7 atom stereocenters. The van der Waals surface area contributed by atoms with E-state index in [1.807, 2.05) is 0 Å². The first-order valence-corrected chi connectivity index (χ1v) is 38.3. The second-order valence-electron chi connectivity index (χ2n) is 26.0. The van der Waals surface area contributed by atoms with Crippen LogP contribution in [0.4, 0.5) is 0 Å². The van der Waals surface area contributed by atoms with Crippen molar-refractivity contribution in [3.05, 3.63) is 0 Å². The largest absolute Gasteiger partial charge is 0.472 e. The maximum absolute atomic E-state index is 13.0. The highest BCUT2D eigenvalue weighted by Crippen LogP contribution is 2.45. The lowest BCUT2D eigenvalue weighted by atomic mass is 9.99. The Kier molecular flexibility index (Phi) is 56.6. The Bertz CT molecular complexity index is 1730. The average molecular weight is 1280 g/mol. The molecule has 0 bridgehead atoms. The van der Waals surface area contributed by atoms with Crippen LogP contribution in [0.3, 0.4) is 0 Å². The Morgan fingerprint density at radius 3 is 0.816 bits per heavy atom. The van der Waals surface area contributed by atoms with E-state index < -0.39 is 97.5 Å². The van der Waals surface area contributed by atoms with E-state index in [4.69, 9.17) is 37.0 Å². The van der Waals surface area contributed by atoms with Gasteiger partial charge in [0.05, 0.1) is 26.4 Å². The normalized spacial score (nSPS) is 15.0. The van der Waals surface area contributed by atoms with Gasteiger partial charge >= 0.3 is 39.5 Å². The minimum atomic E-state index is -4.95. The standard InChI is InChI=1S/C68H132O17P2/c1-9-60(7)46-38-30-21-16-18-23-32-40-48-65(70)78-54-63(84-67(72)50-42-34-24-15-13-11-12-14-20-28-36-44-58(3)4)56-82-86(74,75)80-52-62(69)53-81-87(76,77)83-57-64(55-79-66(71)49-41-33-27-26-29-37-45-59(5)6)85-68(73)51-43-35-25-19-17-22-31-39-47-61(8)10-2/h58-64,69H,9-57H2,1-8H3,(H,74,75)(H,76,77)/t60?,61?,62-,63-,64-/m1/s1. The number of phosphoric ester groups is 2. The molecule has 0 saturated heterocycles. The minimum absolute atomic E-state index is 0.103. The number of phosphoric acid groups is 2. The number of esters is 4. The smallest absolute Gasteiger partial charge is 0.462 e. The van der Waals surface area contributed by atoms with Crippen molar-refractivity contribution in [1.82, 2.24) is 0 Å². The van der Waals surface area contributed by atoms with Crippen LogP contribution >= 0.6 is 15.6 Å². The number of carbonyl (C=O) groups is 4. The Labute approximate surface area is 530 Å². The van der Waals surface area contributed by atoms with Gasteiger partial charge in [-0.15, -0.1) is 0 Å². The Balaban J connectivity index is 5.27. The molecule has 87 heavy (non-hydrogen) atoms. The van der Waals surface area contributed by atoms with Gasteiger partial charge in [0.15, 0.2) is 12.2 Å². The predicted molar refractivity (Wildman–Crippen MR) is 349 cm³/mol. The summed E-state index contributed by atoms with van der Waals surface area (Å²) in [4.78, 5) is 72.4. The number of rotatable bonds is 65. The highest BCUT2D eigenvalue weighted by atomic mass is 31.2. The molecule has 17 nitrogen and oxygen atoms in total. The maximum Gasteiger partial charge on any atom is 0.472 e. The Hall–Kier alpha value is -1.94. The van der Waals surface area contributed by atoms with Gasteiger partial charge in [0, 0.05) is 25.7 Å². The van der Waals surface area contributed by atoms with E-state index in [0.29, 0.717) is 31.6 Å². The molecule has 19 heteroatoms. The van der Waals surface area contributed by atoms with Crippen LogP contribution in [-0.2, 0) is 65.4 Å². The van der Waals surface area contributed by atoms with Gasteiger partial charge in [0.25, 0.3) is 0 Å². The molecule has 516 valence electrons. The monoisotopic (exact) mass is 1280 g/mol. The first kappa shape index (κ1) is 85.1. The maximum atomic E-state index is 13.0. The van der Waals surface area contributed by atoms with Crippen molar-refractivity contribution >= 4 is 39.5 Å². The molecular formula is C68H132O17P2. The Morgan fingerprint density at radius 2 is 0.552 bits per heavy atom. The molecule has 0 fully saturated rings. The van der Waals surface area contributed by atoms with Crippen molar-refractivity contribution in [2.24, 2.45) is 23.7 Å². The van der Waals surface area contributed by atoms with Gasteiger partial charge in [0.2, 0.25) is 0 Å². The third-order valence-corrected chi connectivity index (χ3v) is 18.2. The molecule has 0 aliphatic heterocycles. The molecule has 0 aromatic heterocycles. The summed E-state index contributed by atoms with van der Waals surface area (Å²) in [5.41, 5.74) is 0. The van der Waals surface area contributed by atoms with Crippen molar-refractivity contribution in [2.45, 2.75) is 350 Å². The molecule has 0 heterocycles. The lowest BCUT2D eigenvalue weighted by Gasteiger charge is -2.21. The van der Waals surface area contributed by atoms with Crippen LogP contribution < -0.4 is 0 Å². The number of aliphatic hydroxyl groups is 1. The molecule has 0 rings (SSSR count). The second kappa shape index (κ2) is 57.9. The van der Waals surface area contributed by atoms with Crippen LogP contribution in [-0.4, -0.2) is 96.7 Å². The lowest BCUT2D eigenvalue weighted by molar-refractivity contribution is -0.161. The number of hydrogen-bond acceptors (Lipinski definition) is 15. The minimum Gasteiger partial charge on any atom is -0.462 e.